The summed E-state index contributed by atoms with van der Waals surface area (Å²) in [5.74, 6) is 0.615. The van der Waals surface area contributed by atoms with Crippen LogP contribution in [-0.4, -0.2) is 30.2 Å². The van der Waals surface area contributed by atoms with Crippen molar-refractivity contribution < 1.29 is 9.53 Å². The number of hydrogen-bond acceptors (Lipinski definition) is 2. The lowest BCUT2D eigenvalue weighted by atomic mass is 9.52. The van der Waals surface area contributed by atoms with Crippen LogP contribution in [0.1, 0.15) is 55.7 Å². The molecule has 0 spiro atoms. The molecule has 3 aliphatic rings. The molecule has 3 atom stereocenters. The lowest BCUT2D eigenvalue weighted by molar-refractivity contribution is -0.0109. The predicted octanol–water partition coefficient (Wildman–Crippen LogP) is 4.21. The molecule has 1 amide bonds. The Bertz CT molecular complexity index is 626. The molecule has 0 aromatic heterocycles. The maximum atomic E-state index is 12.4. The summed E-state index contributed by atoms with van der Waals surface area (Å²) in [6.45, 7) is 5.42. The van der Waals surface area contributed by atoms with Gasteiger partial charge in [0.1, 0.15) is 0 Å². The Morgan fingerprint density at radius 3 is 3.04 bits per heavy atom. The molecule has 2 bridgehead atoms. The smallest absolute Gasteiger partial charge is 0.410 e. The molecule has 3 nitrogen and oxygen atoms in total. The van der Waals surface area contributed by atoms with E-state index in [1.54, 1.807) is 5.56 Å². The molecule has 2 fully saturated rings. The standard InChI is InChI=1S/C20H27NO2/c1-3-23-19(22)21-11-10-20-9-5-4-6-16(20)18(21)13-15-8-7-14(2)12-17(15)20/h7-8,12,16,18H,3-6,9-11,13H2,1-2H3. The average molecular weight is 313 g/mol. The van der Waals surface area contributed by atoms with Gasteiger partial charge in [-0.2, -0.15) is 0 Å². The molecule has 1 saturated heterocycles. The summed E-state index contributed by atoms with van der Waals surface area (Å²) >= 11 is 0. The quantitative estimate of drug-likeness (QED) is 0.777. The zero-order valence-corrected chi connectivity index (χ0v) is 14.3. The van der Waals surface area contributed by atoms with Gasteiger partial charge in [0.25, 0.3) is 0 Å². The first kappa shape index (κ1) is 15.0. The number of piperidine rings is 1. The first-order valence-corrected chi connectivity index (χ1v) is 9.19. The highest BCUT2D eigenvalue weighted by atomic mass is 16.6. The minimum Gasteiger partial charge on any atom is -0.450 e. The molecular weight excluding hydrogens is 286 g/mol. The number of fused-ring (bicyclic) bond motifs is 1. The van der Waals surface area contributed by atoms with Crippen molar-refractivity contribution >= 4 is 6.09 Å². The van der Waals surface area contributed by atoms with Gasteiger partial charge < -0.3 is 9.64 Å². The molecule has 1 saturated carbocycles. The Kier molecular flexibility index (Phi) is 3.62. The van der Waals surface area contributed by atoms with E-state index in [-0.39, 0.29) is 6.09 Å². The Hall–Kier alpha value is -1.51. The second-order valence-corrected chi connectivity index (χ2v) is 7.58. The number of rotatable bonds is 1. The summed E-state index contributed by atoms with van der Waals surface area (Å²) in [5.41, 5.74) is 4.74. The van der Waals surface area contributed by atoms with E-state index in [0.29, 0.717) is 24.0 Å². The van der Waals surface area contributed by atoms with Gasteiger partial charge in [-0.1, -0.05) is 36.6 Å². The highest BCUT2D eigenvalue weighted by Crippen LogP contribution is 2.55. The minimum absolute atomic E-state index is 0.104. The van der Waals surface area contributed by atoms with Gasteiger partial charge in [0, 0.05) is 18.0 Å². The van der Waals surface area contributed by atoms with Crippen LogP contribution in [0.15, 0.2) is 18.2 Å². The van der Waals surface area contributed by atoms with Crippen LogP contribution in [0.3, 0.4) is 0 Å². The van der Waals surface area contributed by atoms with E-state index in [1.165, 1.54) is 36.8 Å². The number of benzene rings is 1. The first-order valence-electron chi connectivity index (χ1n) is 9.19. The highest BCUT2D eigenvalue weighted by Gasteiger charge is 2.54. The van der Waals surface area contributed by atoms with E-state index in [1.807, 2.05) is 11.8 Å². The van der Waals surface area contributed by atoms with Gasteiger partial charge in [0.15, 0.2) is 0 Å². The molecule has 3 unspecified atom stereocenters. The number of hydrogen-bond donors (Lipinski definition) is 0. The van der Waals surface area contributed by atoms with Crippen molar-refractivity contribution in [1.29, 1.82) is 0 Å². The van der Waals surface area contributed by atoms with E-state index in [2.05, 4.69) is 25.1 Å². The van der Waals surface area contributed by atoms with Crippen LogP contribution in [0.2, 0.25) is 0 Å². The van der Waals surface area contributed by atoms with Crippen molar-refractivity contribution in [3.05, 3.63) is 34.9 Å². The third-order valence-corrected chi connectivity index (χ3v) is 6.49. The fraction of sp³-hybridized carbons (Fsp3) is 0.650. The van der Waals surface area contributed by atoms with Gasteiger partial charge in [0.2, 0.25) is 0 Å². The zero-order chi connectivity index (χ0) is 16.0. The van der Waals surface area contributed by atoms with Gasteiger partial charge in [-0.3, -0.25) is 0 Å². The largest absolute Gasteiger partial charge is 0.450 e. The van der Waals surface area contributed by atoms with Crippen molar-refractivity contribution in [3.8, 4) is 0 Å². The van der Waals surface area contributed by atoms with Crippen molar-refractivity contribution in [2.45, 2.75) is 63.8 Å². The maximum absolute atomic E-state index is 12.4. The summed E-state index contributed by atoms with van der Waals surface area (Å²) in [7, 11) is 0. The van der Waals surface area contributed by atoms with Crippen molar-refractivity contribution in [1.82, 2.24) is 4.90 Å². The first-order chi connectivity index (χ1) is 11.2. The molecule has 3 heteroatoms. The molecule has 2 aliphatic carbocycles. The van der Waals surface area contributed by atoms with Crippen LogP contribution in [0.25, 0.3) is 0 Å². The van der Waals surface area contributed by atoms with Crippen LogP contribution in [0.4, 0.5) is 4.79 Å². The Morgan fingerprint density at radius 2 is 2.22 bits per heavy atom. The van der Waals surface area contributed by atoms with Gasteiger partial charge in [-0.05, 0) is 56.6 Å². The Morgan fingerprint density at radius 1 is 1.35 bits per heavy atom. The van der Waals surface area contributed by atoms with E-state index in [9.17, 15) is 4.79 Å². The minimum atomic E-state index is -0.104. The summed E-state index contributed by atoms with van der Waals surface area (Å²) < 4.78 is 5.34. The lowest BCUT2D eigenvalue weighted by Crippen LogP contribution is -2.62. The molecule has 23 heavy (non-hydrogen) atoms. The second kappa shape index (κ2) is 5.54. The van der Waals surface area contributed by atoms with Crippen LogP contribution >= 0.6 is 0 Å². The summed E-state index contributed by atoms with van der Waals surface area (Å²) in [6, 6.07) is 7.30. The van der Waals surface area contributed by atoms with E-state index < -0.39 is 0 Å². The lowest BCUT2D eigenvalue weighted by Gasteiger charge is -2.58. The fourth-order valence-corrected chi connectivity index (χ4v) is 5.55. The molecule has 1 aromatic carbocycles. The monoisotopic (exact) mass is 313 g/mol. The third kappa shape index (κ3) is 2.20. The van der Waals surface area contributed by atoms with Gasteiger partial charge >= 0.3 is 6.09 Å². The summed E-state index contributed by atoms with van der Waals surface area (Å²) in [6.07, 6.45) is 7.18. The van der Waals surface area contributed by atoms with Crippen LogP contribution in [0.5, 0.6) is 0 Å². The molecule has 1 aliphatic heterocycles. The normalized spacial score (nSPS) is 32.0. The van der Waals surface area contributed by atoms with E-state index in [0.717, 1.165) is 19.4 Å². The molecule has 0 radical (unpaired) electrons. The molecular formula is C20H27NO2. The van der Waals surface area contributed by atoms with Crippen LogP contribution < -0.4 is 0 Å². The Balaban J connectivity index is 1.78. The number of amides is 1. The zero-order valence-electron chi connectivity index (χ0n) is 14.3. The van der Waals surface area contributed by atoms with E-state index in [4.69, 9.17) is 4.74 Å². The number of carbonyl (C=O) groups excluding carboxylic acids is 1. The molecule has 124 valence electrons. The number of aryl methyl sites for hydroxylation is 1. The van der Waals surface area contributed by atoms with Crippen molar-refractivity contribution in [2.75, 3.05) is 13.2 Å². The van der Waals surface area contributed by atoms with Gasteiger partial charge in [0.05, 0.1) is 6.61 Å². The number of nitrogens with zero attached hydrogens (tertiary/aromatic N) is 1. The molecule has 0 N–H and O–H groups in total. The number of ether oxygens (including phenoxy) is 1. The van der Waals surface area contributed by atoms with Crippen molar-refractivity contribution in [3.63, 3.8) is 0 Å². The number of likely N-dealkylation sites (tertiary alicyclic amines) is 1. The predicted molar refractivity (Wildman–Crippen MR) is 90.7 cm³/mol. The second-order valence-electron chi connectivity index (χ2n) is 7.58. The van der Waals surface area contributed by atoms with Crippen molar-refractivity contribution in [2.24, 2.45) is 5.92 Å². The topological polar surface area (TPSA) is 29.5 Å². The SMILES string of the molecule is CCOC(=O)N1CCC23CCCCC2C1Cc1ccc(C)cc13. The highest BCUT2D eigenvalue weighted by molar-refractivity contribution is 5.69. The fourth-order valence-electron chi connectivity index (χ4n) is 5.55. The molecule has 1 heterocycles. The number of carbonyl (C=O) groups is 1. The van der Waals surface area contributed by atoms with Gasteiger partial charge in [-0.25, -0.2) is 4.79 Å². The summed E-state index contributed by atoms with van der Waals surface area (Å²) in [4.78, 5) is 14.5. The molecule has 1 aromatic rings. The molecule has 4 rings (SSSR count). The third-order valence-electron chi connectivity index (χ3n) is 6.49. The van der Waals surface area contributed by atoms with Crippen LogP contribution in [0, 0.1) is 12.8 Å². The van der Waals surface area contributed by atoms with Gasteiger partial charge in [-0.15, -0.1) is 0 Å². The average Bonchev–Trinajstić information content (AvgIpc) is 2.56. The maximum Gasteiger partial charge on any atom is 0.410 e. The Labute approximate surface area is 139 Å². The van der Waals surface area contributed by atoms with Crippen LogP contribution in [-0.2, 0) is 16.6 Å². The van der Waals surface area contributed by atoms with E-state index >= 15 is 0 Å². The summed E-state index contributed by atoms with van der Waals surface area (Å²) in [5, 5.41) is 0.